The number of amides is 1. The number of benzene rings is 2. The van der Waals surface area contributed by atoms with Gasteiger partial charge in [0.25, 0.3) is 5.91 Å². The van der Waals surface area contributed by atoms with Crippen LogP contribution in [0, 0.1) is 0 Å². The highest BCUT2D eigenvalue weighted by atomic mass is 35.5. The van der Waals surface area contributed by atoms with E-state index in [-0.39, 0.29) is 28.6 Å². The molecular formula is C21H13Cl2F3N4O. The average Bonchev–Trinajstić information content (AvgIpc) is 3.09. The molecule has 2 aromatic carbocycles. The maximum Gasteiger partial charge on any atom is 0.433 e. The van der Waals surface area contributed by atoms with Crippen LogP contribution in [0.2, 0.25) is 10.0 Å². The standard InChI is InChI=1S/C21H13Cl2F3N4O/c22-14-8-6-12(7-9-14)11-27-20(31)18-17(23)19-28-15(13-4-2-1-3-5-13)10-16(21(24,25)26)30(19)29-18/h1-10H,11H2,(H,27,31). The first-order valence-electron chi connectivity index (χ1n) is 8.98. The number of halogens is 5. The molecule has 31 heavy (non-hydrogen) atoms. The molecule has 0 saturated heterocycles. The van der Waals surface area contributed by atoms with Gasteiger partial charge in [-0.25, -0.2) is 9.50 Å². The molecule has 2 aromatic heterocycles. The number of carbonyl (C=O) groups is 1. The Morgan fingerprint density at radius 1 is 1.03 bits per heavy atom. The van der Waals surface area contributed by atoms with Crippen molar-refractivity contribution < 1.29 is 18.0 Å². The fourth-order valence-electron chi connectivity index (χ4n) is 2.96. The second-order valence-corrected chi connectivity index (χ2v) is 7.41. The molecule has 0 saturated carbocycles. The molecule has 0 fully saturated rings. The summed E-state index contributed by atoms with van der Waals surface area (Å²) >= 11 is 12.1. The van der Waals surface area contributed by atoms with E-state index in [0.29, 0.717) is 15.1 Å². The molecule has 0 aliphatic carbocycles. The number of alkyl halides is 3. The molecule has 0 radical (unpaired) electrons. The van der Waals surface area contributed by atoms with E-state index in [9.17, 15) is 18.0 Å². The summed E-state index contributed by atoms with van der Waals surface area (Å²) in [5.41, 5.74) is -0.407. The minimum Gasteiger partial charge on any atom is -0.347 e. The third kappa shape index (κ3) is 4.35. The first-order valence-corrected chi connectivity index (χ1v) is 9.74. The van der Waals surface area contributed by atoms with E-state index >= 15 is 0 Å². The van der Waals surface area contributed by atoms with Crippen molar-refractivity contribution in [3.05, 3.63) is 87.7 Å². The van der Waals surface area contributed by atoms with Crippen molar-refractivity contribution in [1.29, 1.82) is 0 Å². The van der Waals surface area contributed by atoms with Crippen LogP contribution in [-0.2, 0) is 12.7 Å². The van der Waals surface area contributed by atoms with Gasteiger partial charge in [0.15, 0.2) is 17.0 Å². The molecule has 10 heteroatoms. The lowest BCUT2D eigenvalue weighted by Gasteiger charge is -2.11. The van der Waals surface area contributed by atoms with Crippen molar-refractivity contribution >= 4 is 34.8 Å². The van der Waals surface area contributed by atoms with Gasteiger partial charge in [0.2, 0.25) is 0 Å². The third-order valence-corrected chi connectivity index (χ3v) is 5.07. The molecule has 4 rings (SSSR count). The summed E-state index contributed by atoms with van der Waals surface area (Å²) in [6.07, 6.45) is -4.74. The summed E-state index contributed by atoms with van der Waals surface area (Å²) in [7, 11) is 0. The number of aromatic nitrogens is 3. The van der Waals surface area contributed by atoms with E-state index in [1.165, 1.54) is 0 Å². The van der Waals surface area contributed by atoms with Crippen LogP contribution in [0.4, 0.5) is 13.2 Å². The number of hydrogen-bond donors (Lipinski definition) is 1. The van der Waals surface area contributed by atoms with E-state index in [1.807, 2.05) is 0 Å². The van der Waals surface area contributed by atoms with Crippen LogP contribution in [0.1, 0.15) is 21.7 Å². The molecule has 5 nitrogen and oxygen atoms in total. The largest absolute Gasteiger partial charge is 0.433 e. The minimum atomic E-state index is -4.74. The molecule has 158 valence electrons. The van der Waals surface area contributed by atoms with Crippen molar-refractivity contribution in [3.63, 3.8) is 0 Å². The zero-order chi connectivity index (χ0) is 22.2. The Morgan fingerprint density at radius 2 is 1.71 bits per heavy atom. The highest BCUT2D eigenvalue weighted by molar-refractivity contribution is 6.36. The van der Waals surface area contributed by atoms with E-state index in [2.05, 4.69) is 15.4 Å². The Morgan fingerprint density at radius 3 is 2.35 bits per heavy atom. The molecule has 0 unspecified atom stereocenters. The Labute approximate surface area is 184 Å². The van der Waals surface area contributed by atoms with E-state index in [0.717, 1.165) is 11.6 Å². The fraction of sp³-hybridized carbons (Fsp3) is 0.0952. The van der Waals surface area contributed by atoms with Gasteiger partial charge in [-0.2, -0.15) is 18.3 Å². The topological polar surface area (TPSA) is 59.3 Å². The second kappa shape index (κ2) is 8.20. The SMILES string of the molecule is O=C(NCc1ccc(Cl)cc1)c1nn2c(C(F)(F)F)cc(-c3ccccc3)nc2c1Cl. The predicted molar refractivity (Wildman–Crippen MR) is 111 cm³/mol. The number of carbonyl (C=O) groups excluding carboxylic acids is 1. The maximum atomic E-state index is 13.7. The molecule has 4 aromatic rings. The summed E-state index contributed by atoms with van der Waals surface area (Å²) in [5, 5.41) is 6.67. The summed E-state index contributed by atoms with van der Waals surface area (Å²) in [6.45, 7) is 0.120. The van der Waals surface area contributed by atoms with Gasteiger partial charge in [0.1, 0.15) is 5.02 Å². The van der Waals surface area contributed by atoms with Crippen LogP contribution in [0.15, 0.2) is 60.7 Å². The van der Waals surface area contributed by atoms with Gasteiger partial charge in [0, 0.05) is 17.1 Å². The lowest BCUT2D eigenvalue weighted by molar-refractivity contribution is -0.142. The summed E-state index contributed by atoms with van der Waals surface area (Å²) in [4.78, 5) is 16.8. The molecule has 1 N–H and O–H groups in total. The van der Waals surface area contributed by atoms with Crippen LogP contribution >= 0.6 is 23.2 Å². The molecule has 1 amide bonds. The van der Waals surface area contributed by atoms with Gasteiger partial charge in [0.05, 0.1) is 5.69 Å². The van der Waals surface area contributed by atoms with Gasteiger partial charge in [-0.1, -0.05) is 65.7 Å². The van der Waals surface area contributed by atoms with Crippen molar-refractivity contribution in [3.8, 4) is 11.3 Å². The van der Waals surface area contributed by atoms with Crippen molar-refractivity contribution in [2.24, 2.45) is 0 Å². The molecule has 0 atom stereocenters. The van der Waals surface area contributed by atoms with Gasteiger partial charge in [-0.3, -0.25) is 4.79 Å². The minimum absolute atomic E-state index is 0.0651. The van der Waals surface area contributed by atoms with Crippen molar-refractivity contribution in [2.45, 2.75) is 12.7 Å². The number of nitrogens with zero attached hydrogens (tertiary/aromatic N) is 3. The molecule has 2 heterocycles. The van der Waals surface area contributed by atoms with Gasteiger partial charge in [-0.15, -0.1) is 0 Å². The van der Waals surface area contributed by atoms with Crippen LogP contribution < -0.4 is 5.32 Å². The van der Waals surface area contributed by atoms with Crippen molar-refractivity contribution in [2.75, 3.05) is 0 Å². The normalized spacial score (nSPS) is 11.6. The van der Waals surface area contributed by atoms with Gasteiger partial charge >= 0.3 is 6.18 Å². The van der Waals surface area contributed by atoms with Crippen LogP contribution in [-0.4, -0.2) is 20.5 Å². The second-order valence-electron chi connectivity index (χ2n) is 6.60. The highest BCUT2D eigenvalue weighted by Gasteiger charge is 2.36. The number of hydrogen-bond acceptors (Lipinski definition) is 3. The molecule has 0 spiro atoms. The van der Waals surface area contributed by atoms with Crippen LogP contribution in [0.5, 0.6) is 0 Å². The van der Waals surface area contributed by atoms with Crippen LogP contribution in [0.25, 0.3) is 16.9 Å². The summed E-state index contributed by atoms with van der Waals surface area (Å²) in [5.74, 6) is -0.722. The smallest absolute Gasteiger partial charge is 0.347 e. The Balaban J connectivity index is 1.74. The maximum absolute atomic E-state index is 13.7. The van der Waals surface area contributed by atoms with E-state index < -0.39 is 17.8 Å². The first-order chi connectivity index (χ1) is 14.7. The van der Waals surface area contributed by atoms with Crippen LogP contribution in [0.3, 0.4) is 0 Å². The molecule has 0 aliphatic rings. The monoisotopic (exact) mass is 464 g/mol. The predicted octanol–water partition coefficient (Wildman–Crippen LogP) is 5.65. The van der Waals surface area contributed by atoms with E-state index in [1.54, 1.807) is 54.6 Å². The zero-order valence-electron chi connectivity index (χ0n) is 15.6. The zero-order valence-corrected chi connectivity index (χ0v) is 17.1. The van der Waals surface area contributed by atoms with Crippen molar-refractivity contribution in [1.82, 2.24) is 19.9 Å². The number of fused-ring (bicyclic) bond motifs is 1. The lowest BCUT2D eigenvalue weighted by Crippen LogP contribution is -2.23. The van der Waals surface area contributed by atoms with Gasteiger partial charge < -0.3 is 5.32 Å². The Hall–Kier alpha value is -3.10. The average molecular weight is 465 g/mol. The molecule has 0 bridgehead atoms. The highest BCUT2D eigenvalue weighted by Crippen LogP contribution is 2.34. The first kappa shape index (κ1) is 21.1. The van der Waals surface area contributed by atoms with Gasteiger partial charge in [-0.05, 0) is 23.8 Å². The number of nitrogens with one attached hydrogen (secondary N) is 1. The fourth-order valence-corrected chi connectivity index (χ4v) is 3.34. The molecule has 0 aliphatic heterocycles. The third-order valence-electron chi connectivity index (χ3n) is 4.47. The van der Waals surface area contributed by atoms with E-state index in [4.69, 9.17) is 23.2 Å². The Bertz CT molecular complexity index is 1260. The number of rotatable bonds is 4. The summed E-state index contributed by atoms with van der Waals surface area (Å²) in [6, 6.07) is 16.0. The Kier molecular flexibility index (Phi) is 5.60. The quantitative estimate of drug-likeness (QED) is 0.424. The lowest BCUT2D eigenvalue weighted by atomic mass is 10.1. The molecular weight excluding hydrogens is 452 g/mol. The summed E-state index contributed by atoms with van der Waals surface area (Å²) < 4.78 is 41.7.